The van der Waals surface area contributed by atoms with Gasteiger partial charge in [-0.2, -0.15) is 0 Å². The first-order chi connectivity index (χ1) is 9.90. The lowest BCUT2D eigenvalue weighted by Crippen LogP contribution is -2.39. The molecule has 2 rings (SSSR count). The van der Waals surface area contributed by atoms with Gasteiger partial charge in [-0.1, -0.05) is 0 Å². The summed E-state index contributed by atoms with van der Waals surface area (Å²) in [5.74, 6) is 1.43. The van der Waals surface area contributed by atoms with Crippen molar-refractivity contribution in [2.75, 3.05) is 11.9 Å². The lowest BCUT2D eigenvalue weighted by Gasteiger charge is -2.29. The van der Waals surface area contributed by atoms with Crippen molar-refractivity contribution in [2.24, 2.45) is 0 Å². The van der Waals surface area contributed by atoms with Gasteiger partial charge < -0.3 is 9.64 Å². The molecule has 1 unspecified atom stereocenters. The fourth-order valence-corrected chi connectivity index (χ4v) is 2.66. The highest BCUT2D eigenvalue weighted by molar-refractivity contribution is 5.79. The molecule has 0 aliphatic heterocycles. The van der Waals surface area contributed by atoms with Crippen LogP contribution in [0.2, 0.25) is 0 Å². The minimum Gasteiger partial charge on any atom is -0.461 e. The monoisotopic (exact) mass is 291 g/mol. The van der Waals surface area contributed by atoms with E-state index in [2.05, 4.69) is 9.97 Å². The molecule has 0 fully saturated rings. The summed E-state index contributed by atoms with van der Waals surface area (Å²) < 4.78 is 5.30. The van der Waals surface area contributed by atoms with Crippen LogP contribution in [0.25, 0.3) is 0 Å². The molecule has 1 aliphatic rings. The molecule has 0 radical (unpaired) electrons. The summed E-state index contributed by atoms with van der Waals surface area (Å²) in [6.07, 6.45) is 4.23. The molecule has 0 amide bonds. The third-order valence-corrected chi connectivity index (χ3v) is 3.88. The molecule has 0 saturated heterocycles. The molecule has 5 nitrogen and oxygen atoms in total. The molecule has 1 aromatic heterocycles. The van der Waals surface area contributed by atoms with E-state index in [4.69, 9.17) is 4.74 Å². The summed E-state index contributed by atoms with van der Waals surface area (Å²) in [6, 6.07) is -0.354. The summed E-state index contributed by atoms with van der Waals surface area (Å²) in [5.41, 5.74) is 2.33. The minimum atomic E-state index is -0.354. The summed E-state index contributed by atoms with van der Waals surface area (Å²) in [4.78, 5) is 23.2. The Kier molecular flexibility index (Phi) is 4.80. The van der Waals surface area contributed by atoms with Crippen LogP contribution < -0.4 is 4.90 Å². The van der Waals surface area contributed by atoms with Gasteiger partial charge >= 0.3 is 5.97 Å². The van der Waals surface area contributed by atoms with Gasteiger partial charge in [0, 0.05) is 18.3 Å². The molecule has 0 aromatic carbocycles. The number of aromatic nitrogens is 2. The van der Waals surface area contributed by atoms with E-state index < -0.39 is 0 Å². The maximum Gasteiger partial charge on any atom is 0.328 e. The van der Waals surface area contributed by atoms with Crippen molar-refractivity contribution in [2.45, 2.75) is 65.5 Å². The molecule has 0 saturated carbocycles. The fraction of sp³-hybridized carbons (Fsp3) is 0.688. The van der Waals surface area contributed by atoms with Gasteiger partial charge in [0.1, 0.15) is 17.7 Å². The summed E-state index contributed by atoms with van der Waals surface area (Å²) >= 11 is 0. The number of fused-ring (bicyclic) bond motifs is 1. The van der Waals surface area contributed by atoms with Crippen LogP contribution >= 0.6 is 0 Å². The van der Waals surface area contributed by atoms with Gasteiger partial charge in [0.2, 0.25) is 0 Å². The molecule has 21 heavy (non-hydrogen) atoms. The van der Waals surface area contributed by atoms with Crippen LogP contribution in [0.3, 0.4) is 0 Å². The fourth-order valence-electron chi connectivity index (χ4n) is 2.66. The number of likely N-dealkylation sites (N-methyl/N-ethyl adjacent to an activating group) is 1. The second-order valence-electron chi connectivity index (χ2n) is 6.00. The number of hydrogen-bond acceptors (Lipinski definition) is 5. The number of nitrogens with zero attached hydrogens (tertiary/aromatic N) is 3. The average molecular weight is 291 g/mol. The summed E-state index contributed by atoms with van der Waals surface area (Å²) in [5, 5.41) is 0. The second-order valence-corrected chi connectivity index (χ2v) is 6.00. The van der Waals surface area contributed by atoms with Crippen molar-refractivity contribution < 1.29 is 9.53 Å². The number of carbonyl (C=O) groups is 1. The number of ether oxygens (including phenoxy) is 1. The number of esters is 1. The first-order valence-electron chi connectivity index (χ1n) is 7.70. The zero-order valence-electron chi connectivity index (χ0n) is 13.6. The van der Waals surface area contributed by atoms with E-state index in [9.17, 15) is 4.79 Å². The van der Waals surface area contributed by atoms with Gasteiger partial charge in [-0.3, -0.25) is 0 Å². The van der Waals surface area contributed by atoms with Crippen LogP contribution in [-0.2, 0) is 22.4 Å². The van der Waals surface area contributed by atoms with Crippen LogP contribution in [0.5, 0.6) is 0 Å². The highest BCUT2D eigenvalue weighted by Gasteiger charge is 2.26. The Morgan fingerprint density at radius 2 is 1.86 bits per heavy atom. The zero-order chi connectivity index (χ0) is 15.6. The molecule has 1 aliphatic carbocycles. The molecular weight excluding hydrogens is 266 g/mol. The van der Waals surface area contributed by atoms with Crippen LogP contribution in [0.1, 0.15) is 50.7 Å². The lowest BCUT2D eigenvalue weighted by molar-refractivity contribution is -0.148. The minimum absolute atomic E-state index is 0.102. The van der Waals surface area contributed by atoms with E-state index in [0.717, 1.165) is 36.6 Å². The molecule has 0 N–H and O–H groups in total. The summed E-state index contributed by atoms with van der Waals surface area (Å²) in [6.45, 7) is 7.49. The molecule has 1 aromatic rings. The molecule has 5 heteroatoms. The van der Waals surface area contributed by atoms with E-state index in [0.29, 0.717) is 0 Å². The normalized spacial score (nSPS) is 15.5. The maximum absolute atomic E-state index is 12.1. The predicted octanol–water partition coefficient (Wildman–Crippen LogP) is 2.44. The topological polar surface area (TPSA) is 55.3 Å². The Balaban J connectivity index is 2.28. The molecule has 1 heterocycles. The van der Waals surface area contributed by atoms with Crippen molar-refractivity contribution in [3.05, 3.63) is 17.1 Å². The Morgan fingerprint density at radius 3 is 2.52 bits per heavy atom. The largest absolute Gasteiger partial charge is 0.461 e. The first kappa shape index (κ1) is 15.7. The summed E-state index contributed by atoms with van der Waals surface area (Å²) in [7, 11) is 1.91. The molecular formula is C16H25N3O2. The van der Waals surface area contributed by atoms with Crippen LogP contribution in [0, 0.1) is 6.92 Å². The Morgan fingerprint density at radius 1 is 1.19 bits per heavy atom. The Hall–Kier alpha value is -1.65. The maximum atomic E-state index is 12.1. The van der Waals surface area contributed by atoms with Crippen LogP contribution in [-0.4, -0.2) is 35.1 Å². The van der Waals surface area contributed by atoms with E-state index in [1.165, 1.54) is 12.0 Å². The average Bonchev–Trinajstić information content (AvgIpc) is 2.44. The van der Waals surface area contributed by atoms with Gasteiger partial charge in [-0.25, -0.2) is 14.8 Å². The zero-order valence-corrected chi connectivity index (χ0v) is 13.6. The van der Waals surface area contributed by atoms with Gasteiger partial charge in [-0.15, -0.1) is 0 Å². The molecule has 0 spiro atoms. The number of aryl methyl sites for hydroxylation is 2. The van der Waals surface area contributed by atoms with Crippen molar-refractivity contribution >= 4 is 11.8 Å². The van der Waals surface area contributed by atoms with Crippen molar-refractivity contribution in [1.82, 2.24) is 9.97 Å². The molecule has 1 atom stereocenters. The van der Waals surface area contributed by atoms with Gasteiger partial charge in [0.15, 0.2) is 0 Å². The third-order valence-electron chi connectivity index (χ3n) is 3.88. The molecule has 116 valence electrons. The lowest BCUT2D eigenvalue weighted by atomic mass is 9.96. The Labute approximate surface area is 126 Å². The number of rotatable bonds is 4. The van der Waals surface area contributed by atoms with Crippen molar-refractivity contribution in [1.29, 1.82) is 0 Å². The third kappa shape index (κ3) is 3.52. The van der Waals surface area contributed by atoms with E-state index >= 15 is 0 Å². The van der Waals surface area contributed by atoms with Crippen LogP contribution in [0.15, 0.2) is 0 Å². The number of carbonyl (C=O) groups excluding carboxylic acids is 1. The van der Waals surface area contributed by atoms with Gasteiger partial charge in [0.05, 0.1) is 6.10 Å². The predicted molar refractivity (Wildman–Crippen MR) is 82.5 cm³/mol. The molecule has 0 bridgehead atoms. The Bertz CT molecular complexity index is 528. The number of hydrogen-bond donors (Lipinski definition) is 0. The SMILES string of the molecule is Cc1nc2c(c(N(C)C(C)C(=O)OC(C)C)n1)CCCC2. The first-order valence-corrected chi connectivity index (χ1v) is 7.70. The number of anilines is 1. The standard InChI is InChI=1S/C16H25N3O2/c1-10(2)21-16(20)11(3)19(5)15-13-8-6-7-9-14(13)17-12(4)18-15/h10-11H,6-9H2,1-5H3. The smallest absolute Gasteiger partial charge is 0.328 e. The second kappa shape index (κ2) is 6.41. The van der Waals surface area contributed by atoms with E-state index in [1.54, 1.807) is 0 Å². The van der Waals surface area contributed by atoms with Gasteiger partial charge in [-0.05, 0) is 53.4 Å². The van der Waals surface area contributed by atoms with Crippen molar-refractivity contribution in [3.63, 3.8) is 0 Å². The van der Waals surface area contributed by atoms with Crippen molar-refractivity contribution in [3.8, 4) is 0 Å². The van der Waals surface area contributed by atoms with Gasteiger partial charge in [0.25, 0.3) is 0 Å². The van der Waals surface area contributed by atoms with E-state index in [1.807, 2.05) is 39.6 Å². The van der Waals surface area contributed by atoms with Crippen LogP contribution in [0.4, 0.5) is 5.82 Å². The van der Waals surface area contributed by atoms with E-state index in [-0.39, 0.29) is 18.1 Å². The quantitative estimate of drug-likeness (QED) is 0.798. The highest BCUT2D eigenvalue weighted by atomic mass is 16.5. The highest BCUT2D eigenvalue weighted by Crippen LogP contribution is 2.28.